The van der Waals surface area contributed by atoms with Crippen LogP contribution >= 0.6 is 0 Å². The highest BCUT2D eigenvalue weighted by Gasteiger charge is 2.24. The van der Waals surface area contributed by atoms with Crippen molar-refractivity contribution in [3.8, 4) is 5.75 Å². The lowest BCUT2D eigenvalue weighted by Gasteiger charge is -2.32. The zero-order valence-corrected chi connectivity index (χ0v) is 12.3. The molecule has 1 heterocycles. The predicted octanol–water partition coefficient (Wildman–Crippen LogP) is 2.31. The van der Waals surface area contributed by atoms with Gasteiger partial charge in [0.25, 0.3) is 5.91 Å². The minimum Gasteiger partial charge on any atom is -0.484 e. The van der Waals surface area contributed by atoms with E-state index in [1.54, 1.807) is 4.90 Å². The average Bonchev–Trinajstić information content (AvgIpc) is 2.52. The van der Waals surface area contributed by atoms with Gasteiger partial charge in [0.05, 0.1) is 0 Å². The van der Waals surface area contributed by atoms with Crippen LogP contribution in [0.2, 0.25) is 0 Å². The highest BCUT2D eigenvalue weighted by Crippen LogP contribution is 2.21. The number of carboxylic acids is 1. The fourth-order valence-electron chi connectivity index (χ4n) is 2.62. The van der Waals surface area contributed by atoms with Crippen LogP contribution in [0.4, 0.5) is 4.39 Å². The number of carboxylic acid groups (broad SMARTS) is 1. The third-order valence-electron chi connectivity index (χ3n) is 3.81. The Morgan fingerprint density at radius 3 is 2.73 bits per heavy atom. The minimum atomic E-state index is -0.803. The van der Waals surface area contributed by atoms with Crippen molar-refractivity contribution in [2.24, 2.45) is 5.92 Å². The molecule has 1 amide bonds. The molecule has 1 aromatic carbocycles. The standard InChI is InChI=1S/C16H20FNO4/c17-13-4-6-14(7-5-13)22-11-15(19)18-9-1-2-12(10-18)3-8-16(20)21/h4-7,12H,1-3,8-11H2,(H,20,21). The summed E-state index contributed by atoms with van der Waals surface area (Å²) in [5.41, 5.74) is 0. The summed E-state index contributed by atoms with van der Waals surface area (Å²) in [6.45, 7) is 1.17. The Bertz CT molecular complexity index is 517. The largest absolute Gasteiger partial charge is 0.484 e. The number of benzene rings is 1. The van der Waals surface area contributed by atoms with Gasteiger partial charge in [-0.05, 0) is 49.4 Å². The van der Waals surface area contributed by atoms with Crippen molar-refractivity contribution in [3.63, 3.8) is 0 Å². The number of rotatable bonds is 6. The molecular weight excluding hydrogens is 289 g/mol. The van der Waals surface area contributed by atoms with E-state index in [1.165, 1.54) is 24.3 Å². The molecule has 0 aliphatic carbocycles. The molecule has 1 aliphatic rings. The van der Waals surface area contributed by atoms with Crippen LogP contribution in [-0.2, 0) is 9.59 Å². The molecule has 1 fully saturated rings. The second kappa shape index (κ2) is 7.77. The first-order chi connectivity index (χ1) is 10.5. The van der Waals surface area contributed by atoms with E-state index < -0.39 is 5.97 Å². The van der Waals surface area contributed by atoms with E-state index in [0.717, 1.165) is 12.8 Å². The molecule has 5 nitrogen and oxygen atoms in total. The number of carbonyl (C=O) groups excluding carboxylic acids is 1. The lowest BCUT2D eigenvalue weighted by molar-refractivity contribution is -0.137. The lowest BCUT2D eigenvalue weighted by atomic mass is 9.93. The fraction of sp³-hybridized carbons (Fsp3) is 0.500. The summed E-state index contributed by atoms with van der Waals surface area (Å²) in [5.74, 6) is -0.586. The van der Waals surface area contributed by atoms with Crippen molar-refractivity contribution in [1.82, 2.24) is 4.90 Å². The Hall–Kier alpha value is -2.11. The van der Waals surface area contributed by atoms with Gasteiger partial charge in [-0.2, -0.15) is 0 Å². The summed E-state index contributed by atoms with van der Waals surface area (Å²) in [6.07, 6.45) is 2.57. The molecule has 1 saturated heterocycles. The van der Waals surface area contributed by atoms with E-state index in [1.807, 2.05) is 0 Å². The first-order valence-corrected chi connectivity index (χ1v) is 7.42. The number of likely N-dealkylation sites (tertiary alicyclic amines) is 1. The molecule has 0 saturated carbocycles. The van der Waals surface area contributed by atoms with Gasteiger partial charge in [-0.3, -0.25) is 9.59 Å². The Balaban J connectivity index is 1.78. The van der Waals surface area contributed by atoms with Gasteiger partial charge in [-0.15, -0.1) is 0 Å². The number of piperidine rings is 1. The number of nitrogens with zero attached hydrogens (tertiary/aromatic N) is 1. The number of ether oxygens (including phenoxy) is 1. The number of aliphatic carboxylic acids is 1. The molecule has 1 atom stereocenters. The molecule has 0 aromatic heterocycles. The van der Waals surface area contributed by atoms with Gasteiger partial charge in [-0.25, -0.2) is 4.39 Å². The van der Waals surface area contributed by atoms with Crippen LogP contribution in [0.3, 0.4) is 0 Å². The number of halogens is 1. The number of carbonyl (C=O) groups is 2. The van der Waals surface area contributed by atoms with Crippen LogP contribution in [-0.4, -0.2) is 41.6 Å². The molecule has 6 heteroatoms. The Morgan fingerprint density at radius 2 is 2.05 bits per heavy atom. The van der Waals surface area contributed by atoms with Gasteiger partial charge in [0.2, 0.25) is 0 Å². The zero-order chi connectivity index (χ0) is 15.9. The maximum atomic E-state index is 12.8. The molecule has 2 rings (SSSR count). The third-order valence-corrected chi connectivity index (χ3v) is 3.81. The van der Waals surface area contributed by atoms with Gasteiger partial charge in [-0.1, -0.05) is 0 Å². The van der Waals surface area contributed by atoms with Crippen molar-refractivity contribution < 1.29 is 23.8 Å². The summed E-state index contributed by atoms with van der Waals surface area (Å²) >= 11 is 0. The monoisotopic (exact) mass is 309 g/mol. The first kappa shape index (κ1) is 16.3. The van der Waals surface area contributed by atoms with Crippen molar-refractivity contribution in [1.29, 1.82) is 0 Å². The van der Waals surface area contributed by atoms with Crippen LogP contribution in [0, 0.1) is 11.7 Å². The molecule has 1 N–H and O–H groups in total. The van der Waals surface area contributed by atoms with Crippen molar-refractivity contribution in [2.45, 2.75) is 25.7 Å². The van der Waals surface area contributed by atoms with Crippen LogP contribution < -0.4 is 4.74 Å². The molecule has 0 spiro atoms. The molecule has 22 heavy (non-hydrogen) atoms. The minimum absolute atomic E-state index is 0.0860. The second-order valence-corrected chi connectivity index (χ2v) is 5.52. The van der Waals surface area contributed by atoms with Crippen LogP contribution in [0.15, 0.2) is 24.3 Å². The van der Waals surface area contributed by atoms with E-state index in [9.17, 15) is 14.0 Å². The number of amides is 1. The van der Waals surface area contributed by atoms with Gasteiger partial charge in [0.1, 0.15) is 11.6 Å². The fourth-order valence-corrected chi connectivity index (χ4v) is 2.62. The smallest absolute Gasteiger partial charge is 0.303 e. The summed E-state index contributed by atoms with van der Waals surface area (Å²) < 4.78 is 18.1. The molecule has 120 valence electrons. The van der Waals surface area contributed by atoms with Gasteiger partial charge >= 0.3 is 5.97 Å². The third kappa shape index (κ3) is 5.02. The van der Waals surface area contributed by atoms with Crippen LogP contribution in [0.1, 0.15) is 25.7 Å². The summed E-state index contributed by atoms with van der Waals surface area (Å²) in [4.78, 5) is 24.5. The molecular formula is C16H20FNO4. The SMILES string of the molecule is O=C(O)CCC1CCCN(C(=O)COc2ccc(F)cc2)C1. The number of hydrogen-bond donors (Lipinski definition) is 1. The van der Waals surface area contributed by atoms with E-state index in [0.29, 0.717) is 25.3 Å². The lowest BCUT2D eigenvalue weighted by Crippen LogP contribution is -2.42. The maximum Gasteiger partial charge on any atom is 0.303 e. The van der Waals surface area contributed by atoms with Gasteiger partial charge in [0.15, 0.2) is 6.61 Å². The van der Waals surface area contributed by atoms with E-state index in [4.69, 9.17) is 9.84 Å². The summed E-state index contributed by atoms with van der Waals surface area (Å²) in [6, 6.07) is 5.52. The average molecular weight is 309 g/mol. The molecule has 0 radical (unpaired) electrons. The zero-order valence-electron chi connectivity index (χ0n) is 12.3. The highest BCUT2D eigenvalue weighted by atomic mass is 19.1. The number of hydrogen-bond acceptors (Lipinski definition) is 3. The summed E-state index contributed by atoms with van der Waals surface area (Å²) in [7, 11) is 0. The van der Waals surface area contributed by atoms with Crippen molar-refractivity contribution in [2.75, 3.05) is 19.7 Å². The van der Waals surface area contributed by atoms with Crippen LogP contribution in [0.5, 0.6) is 5.75 Å². The Kier molecular flexibility index (Phi) is 5.75. The Labute approximate surface area is 128 Å². The summed E-state index contributed by atoms with van der Waals surface area (Å²) in [5, 5.41) is 8.72. The molecule has 1 aliphatic heterocycles. The van der Waals surface area contributed by atoms with E-state index >= 15 is 0 Å². The van der Waals surface area contributed by atoms with Gasteiger partial charge in [0, 0.05) is 19.5 Å². The molecule has 0 bridgehead atoms. The van der Waals surface area contributed by atoms with Crippen molar-refractivity contribution >= 4 is 11.9 Å². The molecule has 1 unspecified atom stereocenters. The highest BCUT2D eigenvalue weighted by molar-refractivity contribution is 5.77. The second-order valence-electron chi connectivity index (χ2n) is 5.52. The first-order valence-electron chi connectivity index (χ1n) is 7.42. The van der Waals surface area contributed by atoms with E-state index in [2.05, 4.69) is 0 Å². The van der Waals surface area contributed by atoms with Crippen LogP contribution in [0.25, 0.3) is 0 Å². The Morgan fingerprint density at radius 1 is 1.32 bits per heavy atom. The van der Waals surface area contributed by atoms with E-state index in [-0.39, 0.29) is 30.7 Å². The molecule has 1 aromatic rings. The topological polar surface area (TPSA) is 66.8 Å². The van der Waals surface area contributed by atoms with Gasteiger partial charge < -0.3 is 14.7 Å². The quantitative estimate of drug-likeness (QED) is 0.875. The normalized spacial score (nSPS) is 18.0. The maximum absolute atomic E-state index is 12.8. The predicted molar refractivity (Wildman–Crippen MR) is 78.1 cm³/mol. The van der Waals surface area contributed by atoms with Crippen molar-refractivity contribution in [3.05, 3.63) is 30.1 Å².